The summed E-state index contributed by atoms with van der Waals surface area (Å²) in [6, 6.07) is 9.07. The van der Waals surface area contributed by atoms with Crippen molar-refractivity contribution in [3.8, 4) is 11.8 Å². The molecule has 1 aliphatic heterocycles. The summed E-state index contributed by atoms with van der Waals surface area (Å²) < 4.78 is 1.46. The van der Waals surface area contributed by atoms with Crippen molar-refractivity contribution < 1.29 is 9.59 Å². The Hall–Kier alpha value is -3.47. The summed E-state index contributed by atoms with van der Waals surface area (Å²) in [6.45, 7) is 4.57. The van der Waals surface area contributed by atoms with Crippen molar-refractivity contribution >= 4 is 17.5 Å². The second-order valence-corrected chi connectivity index (χ2v) is 5.93. The zero-order valence-electron chi connectivity index (χ0n) is 14.1. The number of rotatable bonds is 4. The molecule has 1 aliphatic rings. The van der Waals surface area contributed by atoms with Crippen LogP contribution in [0.4, 0.5) is 5.69 Å². The van der Waals surface area contributed by atoms with E-state index >= 15 is 0 Å². The molecule has 2 amide bonds. The summed E-state index contributed by atoms with van der Waals surface area (Å²) in [5.41, 5.74) is 1.23. The SMILES string of the molecule is C=CC(=O)N1CCC(C(=O)Nc2ccccc2-n2cnc(C#N)n2)CC1. The molecule has 1 saturated heterocycles. The average molecular weight is 350 g/mol. The standard InChI is InChI=1S/C18H18N6O2/c1-2-17(25)23-9-7-13(8-10-23)18(26)21-14-5-3-4-6-15(14)24-12-20-16(11-19)22-24/h2-6,12-13H,1,7-10H2,(H,21,26). The lowest BCUT2D eigenvalue weighted by atomic mass is 9.95. The van der Waals surface area contributed by atoms with E-state index in [0.717, 1.165) is 0 Å². The molecule has 1 aromatic carbocycles. The maximum Gasteiger partial charge on any atom is 0.252 e. The van der Waals surface area contributed by atoms with E-state index in [-0.39, 0.29) is 23.6 Å². The Morgan fingerprint density at radius 3 is 2.69 bits per heavy atom. The van der Waals surface area contributed by atoms with Gasteiger partial charge in [0, 0.05) is 19.0 Å². The van der Waals surface area contributed by atoms with Crippen LogP contribution in [-0.4, -0.2) is 44.6 Å². The van der Waals surface area contributed by atoms with Crippen LogP contribution in [0.3, 0.4) is 0 Å². The van der Waals surface area contributed by atoms with Gasteiger partial charge in [0.2, 0.25) is 11.8 Å². The first-order valence-electron chi connectivity index (χ1n) is 8.25. The number of piperidine rings is 1. The zero-order chi connectivity index (χ0) is 18.5. The normalized spacial score (nSPS) is 14.5. The van der Waals surface area contributed by atoms with Gasteiger partial charge in [0.1, 0.15) is 12.4 Å². The van der Waals surface area contributed by atoms with E-state index in [4.69, 9.17) is 5.26 Å². The maximum atomic E-state index is 12.6. The van der Waals surface area contributed by atoms with E-state index < -0.39 is 0 Å². The van der Waals surface area contributed by atoms with Gasteiger partial charge in [0.05, 0.1) is 11.4 Å². The summed E-state index contributed by atoms with van der Waals surface area (Å²) >= 11 is 0. The number of para-hydroxylation sites is 2. The number of nitriles is 1. The van der Waals surface area contributed by atoms with E-state index in [2.05, 4.69) is 22.0 Å². The van der Waals surface area contributed by atoms with Crippen LogP contribution in [0.2, 0.25) is 0 Å². The summed E-state index contributed by atoms with van der Waals surface area (Å²) in [4.78, 5) is 29.8. The number of carbonyl (C=O) groups is 2. The molecule has 132 valence electrons. The van der Waals surface area contributed by atoms with Gasteiger partial charge in [-0.15, -0.1) is 5.10 Å². The topological polar surface area (TPSA) is 104 Å². The van der Waals surface area contributed by atoms with E-state index in [9.17, 15) is 9.59 Å². The molecule has 0 saturated carbocycles. The highest BCUT2D eigenvalue weighted by atomic mass is 16.2. The molecular formula is C18H18N6O2. The van der Waals surface area contributed by atoms with Gasteiger partial charge in [0.15, 0.2) is 0 Å². The number of nitrogens with zero attached hydrogens (tertiary/aromatic N) is 5. The minimum Gasteiger partial charge on any atom is -0.339 e. The van der Waals surface area contributed by atoms with Crippen molar-refractivity contribution in [2.75, 3.05) is 18.4 Å². The molecule has 8 heteroatoms. The van der Waals surface area contributed by atoms with Crippen LogP contribution < -0.4 is 5.32 Å². The number of nitrogens with one attached hydrogen (secondary N) is 1. The molecule has 2 heterocycles. The minimum atomic E-state index is -0.165. The smallest absolute Gasteiger partial charge is 0.252 e. The molecule has 2 aromatic rings. The Balaban J connectivity index is 1.70. The Labute approximate surface area is 150 Å². The first kappa shape index (κ1) is 17.4. The van der Waals surface area contributed by atoms with Gasteiger partial charge in [-0.1, -0.05) is 18.7 Å². The largest absolute Gasteiger partial charge is 0.339 e. The Morgan fingerprint density at radius 1 is 1.31 bits per heavy atom. The number of anilines is 1. The van der Waals surface area contributed by atoms with E-state index in [1.165, 1.54) is 17.1 Å². The number of amides is 2. The summed E-state index contributed by atoms with van der Waals surface area (Å²) in [5.74, 6) is -0.301. The third kappa shape index (κ3) is 3.62. The van der Waals surface area contributed by atoms with Gasteiger partial charge in [-0.05, 0) is 31.1 Å². The van der Waals surface area contributed by atoms with Crippen molar-refractivity contribution in [2.45, 2.75) is 12.8 Å². The van der Waals surface area contributed by atoms with Crippen LogP contribution in [0.15, 0.2) is 43.2 Å². The molecule has 26 heavy (non-hydrogen) atoms. The molecule has 0 unspecified atom stereocenters. The monoisotopic (exact) mass is 350 g/mol. The van der Waals surface area contributed by atoms with Crippen LogP contribution in [0.25, 0.3) is 5.69 Å². The molecule has 0 aliphatic carbocycles. The average Bonchev–Trinajstić information content (AvgIpc) is 3.17. The second kappa shape index (κ2) is 7.61. The van der Waals surface area contributed by atoms with Crippen molar-refractivity contribution in [1.82, 2.24) is 19.7 Å². The number of benzene rings is 1. The molecule has 0 spiro atoms. The van der Waals surface area contributed by atoms with Crippen LogP contribution in [0.5, 0.6) is 0 Å². The lowest BCUT2D eigenvalue weighted by molar-refractivity contribution is -0.130. The molecule has 1 aromatic heterocycles. The van der Waals surface area contributed by atoms with Gasteiger partial charge >= 0.3 is 0 Å². The van der Waals surface area contributed by atoms with E-state index in [1.54, 1.807) is 17.0 Å². The third-order valence-electron chi connectivity index (χ3n) is 4.35. The number of hydrogen-bond acceptors (Lipinski definition) is 5. The number of aromatic nitrogens is 3. The van der Waals surface area contributed by atoms with Crippen molar-refractivity contribution in [3.63, 3.8) is 0 Å². The quantitative estimate of drug-likeness (QED) is 0.842. The van der Waals surface area contributed by atoms with Gasteiger partial charge < -0.3 is 10.2 Å². The number of hydrogen-bond donors (Lipinski definition) is 1. The molecule has 3 rings (SSSR count). The van der Waals surface area contributed by atoms with E-state index in [1.807, 2.05) is 18.2 Å². The van der Waals surface area contributed by atoms with Gasteiger partial charge in [-0.25, -0.2) is 9.67 Å². The molecule has 0 bridgehead atoms. The highest BCUT2D eigenvalue weighted by molar-refractivity contribution is 5.94. The Morgan fingerprint density at radius 2 is 2.04 bits per heavy atom. The Bertz CT molecular complexity index is 874. The zero-order valence-corrected chi connectivity index (χ0v) is 14.1. The minimum absolute atomic E-state index is 0.0605. The number of likely N-dealkylation sites (tertiary alicyclic amines) is 1. The number of carbonyl (C=O) groups excluding carboxylic acids is 2. The van der Waals surface area contributed by atoms with Crippen LogP contribution >= 0.6 is 0 Å². The predicted octanol–water partition coefficient (Wildman–Crippen LogP) is 1.50. The molecule has 1 fully saturated rings. The van der Waals surface area contributed by atoms with Crippen LogP contribution in [0.1, 0.15) is 18.7 Å². The van der Waals surface area contributed by atoms with E-state index in [0.29, 0.717) is 37.3 Å². The predicted molar refractivity (Wildman–Crippen MR) is 94.2 cm³/mol. The van der Waals surface area contributed by atoms with Gasteiger partial charge in [-0.2, -0.15) is 5.26 Å². The summed E-state index contributed by atoms with van der Waals surface area (Å²) in [7, 11) is 0. The van der Waals surface area contributed by atoms with Gasteiger partial charge in [0.25, 0.3) is 5.82 Å². The summed E-state index contributed by atoms with van der Waals surface area (Å²) in [5, 5.41) is 15.9. The fraction of sp³-hybridized carbons (Fsp3) is 0.278. The highest BCUT2D eigenvalue weighted by Gasteiger charge is 2.27. The molecule has 0 radical (unpaired) electrons. The molecule has 0 atom stereocenters. The lowest BCUT2D eigenvalue weighted by Crippen LogP contribution is -2.40. The molecular weight excluding hydrogens is 332 g/mol. The third-order valence-corrected chi connectivity index (χ3v) is 4.35. The highest BCUT2D eigenvalue weighted by Crippen LogP contribution is 2.23. The van der Waals surface area contributed by atoms with Crippen molar-refractivity contribution in [3.05, 3.63) is 49.1 Å². The second-order valence-electron chi connectivity index (χ2n) is 5.93. The maximum absolute atomic E-state index is 12.6. The first-order valence-corrected chi connectivity index (χ1v) is 8.25. The van der Waals surface area contributed by atoms with Crippen LogP contribution in [-0.2, 0) is 9.59 Å². The molecule has 1 N–H and O–H groups in total. The van der Waals surface area contributed by atoms with Gasteiger partial charge in [-0.3, -0.25) is 9.59 Å². The summed E-state index contributed by atoms with van der Waals surface area (Å²) in [6.07, 6.45) is 3.94. The fourth-order valence-corrected chi connectivity index (χ4v) is 2.94. The van der Waals surface area contributed by atoms with Crippen molar-refractivity contribution in [2.24, 2.45) is 5.92 Å². The fourth-order valence-electron chi connectivity index (χ4n) is 2.94. The van der Waals surface area contributed by atoms with Crippen molar-refractivity contribution in [1.29, 1.82) is 5.26 Å². The first-order chi connectivity index (χ1) is 12.6. The lowest BCUT2D eigenvalue weighted by Gasteiger charge is -2.30. The Kier molecular flexibility index (Phi) is 5.08. The van der Waals surface area contributed by atoms with Crippen LogP contribution in [0, 0.1) is 17.2 Å². The molecule has 8 nitrogen and oxygen atoms in total.